The normalized spacial score (nSPS) is 18.8. The van der Waals surface area contributed by atoms with Crippen LogP contribution in [0.15, 0.2) is 48.5 Å². The van der Waals surface area contributed by atoms with E-state index in [1.54, 1.807) is 6.92 Å². The van der Waals surface area contributed by atoms with E-state index in [1.165, 1.54) is 0 Å². The SMILES string of the molecule is CN(C)CCOC(=O)C1(C)Oc2ccccc2-c2ccccc21. The Morgan fingerprint density at radius 3 is 2.48 bits per heavy atom. The van der Waals surface area contributed by atoms with Gasteiger partial charge in [0.15, 0.2) is 0 Å². The highest BCUT2D eigenvalue weighted by Crippen LogP contribution is 2.45. The zero-order chi connectivity index (χ0) is 16.4. The molecule has 2 aromatic carbocycles. The van der Waals surface area contributed by atoms with E-state index < -0.39 is 5.60 Å². The molecule has 4 nitrogen and oxygen atoms in total. The third kappa shape index (κ3) is 2.82. The number of carbonyl (C=O) groups is 1. The van der Waals surface area contributed by atoms with Crippen molar-refractivity contribution in [1.82, 2.24) is 4.90 Å². The Morgan fingerprint density at radius 1 is 1.09 bits per heavy atom. The number of hydrogen-bond acceptors (Lipinski definition) is 4. The van der Waals surface area contributed by atoms with Crippen LogP contribution < -0.4 is 4.74 Å². The number of benzene rings is 2. The van der Waals surface area contributed by atoms with Gasteiger partial charge >= 0.3 is 5.97 Å². The minimum Gasteiger partial charge on any atom is -0.470 e. The van der Waals surface area contributed by atoms with E-state index in [0.29, 0.717) is 18.9 Å². The van der Waals surface area contributed by atoms with Gasteiger partial charge in [0.1, 0.15) is 12.4 Å². The third-order valence-corrected chi connectivity index (χ3v) is 4.09. The van der Waals surface area contributed by atoms with Crippen LogP contribution in [0.4, 0.5) is 0 Å². The zero-order valence-corrected chi connectivity index (χ0v) is 13.7. The Balaban J connectivity index is 1.96. The molecule has 2 aromatic rings. The number of esters is 1. The molecule has 1 unspecified atom stereocenters. The molecular weight excluding hydrogens is 290 g/mol. The third-order valence-electron chi connectivity index (χ3n) is 4.09. The minimum absolute atomic E-state index is 0.342. The first-order valence-electron chi connectivity index (χ1n) is 7.72. The molecule has 3 rings (SSSR count). The number of nitrogens with zero attached hydrogens (tertiary/aromatic N) is 1. The van der Waals surface area contributed by atoms with Crippen molar-refractivity contribution in [2.75, 3.05) is 27.2 Å². The molecule has 0 amide bonds. The van der Waals surface area contributed by atoms with Crippen molar-refractivity contribution in [2.24, 2.45) is 0 Å². The number of fused-ring (bicyclic) bond motifs is 3. The van der Waals surface area contributed by atoms with Crippen LogP contribution in [0.25, 0.3) is 11.1 Å². The first-order chi connectivity index (χ1) is 11.0. The molecule has 0 N–H and O–H groups in total. The first kappa shape index (κ1) is 15.6. The number of carbonyl (C=O) groups excluding carboxylic acids is 1. The molecule has 23 heavy (non-hydrogen) atoms. The fraction of sp³-hybridized carbons (Fsp3) is 0.316. The molecule has 1 aliphatic heterocycles. The quantitative estimate of drug-likeness (QED) is 0.814. The Morgan fingerprint density at radius 2 is 1.74 bits per heavy atom. The highest BCUT2D eigenvalue weighted by Gasteiger charge is 2.44. The van der Waals surface area contributed by atoms with E-state index in [1.807, 2.05) is 67.5 Å². The van der Waals surface area contributed by atoms with E-state index in [2.05, 4.69) is 0 Å². The fourth-order valence-electron chi connectivity index (χ4n) is 2.80. The molecule has 0 aromatic heterocycles. The average Bonchev–Trinajstić information content (AvgIpc) is 2.55. The molecule has 0 fully saturated rings. The molecule has 0 aliphatic carbocycles. The van der Waals surface area contributed by atoms with Crippen LogP contribution in [0.3, 0.4) is 0 Å². The smallest absolute Gasteiger partial charge is 0.355 e. The zero-order valence-electron chi connectivity index (χ0n) is 13.7. The van der Waals surface area contributed by atoms with Crippen LogP contribution in [0.2, 0.25) is 0 Å². The minimum atomic E-state index is -1.13. The van der Waals surface area contributed by atoms with E-state index in [-0.39, 0.29) is 5.97 Å². The van der Waals surface area contributed by atoms with E-state index >= 15 is 0 Å². The standard InChI is InChI=1S/C19H21NO3/c1-19(18(21)22-13-12-20(2)3)16-10-6-4-8-14(16)15-9-5-7-11-17(15)23-19/h4-11H,12-13H2,1-3H3. The van der Waals surface area contributed by atoms with E-state index in [4.69, 9.17) is 9.47 Å². The van der Waals surface area contributed by atoms with Gasteiger partial charge in [-0.1, -0.05) is 42.5 Å². The van der Waals surface area contributed by atoms with Crippen molar-refractivity contribution in [3.8, 4) is 16.9 Å². The predicted octanol–water partition coefficient (Wildman–Crippen LogP) is 3.07. The maximum atomic E-state index is 12.7. The van der Waals surface area contributed by atoms with Crippen molar-refractivity contribution in [3.63, 3.8) is 0 Å². The van der Waals surface area contributed by atoms with E-state index in [0.717, 1.165) is 16.7 Å². The molecule has 0 bridgehead atoms. The first-order valence-corrected chi connectivity index (χ1v) is 7.72. The summed E-state index contributed by atoms with van der Waals surface area (Å²) in [5, 5.41) is 0. The number of para-hydroxylation sites is 1. The molecule has 0 saturated heterocycles. The molecule has 1 aliphatic rings. The van der Waals surface area contributed by atoms with Gasteiger partial charge in [-0.15, -0.1) is 0 Å². The van der Waals surface area contributed by atoms with Crippen molar-refractivity contribution in [1.29, 1.82) is 0 Å². The Bertz CT molecular complexity index is 726. The van der Waals surface area contributed by atoms with Gasteiger partial charge in [-0.05, 0) is 32.6 Å². The summed E-state index contributed by atoms with van der Waals surface area (Å²) in [6.07, 6.45) is 0. The molecule has 1 heterocycles. The van der Waals surface area contributed by atoms with Gasteiger partial charge in [-0.2, -0.15) is 0 Å². The van der Waals surface area contributed by atoms with Gasteiger partial charge < -0.3 is 14.4 Å². The fourth-order valence-corrected chi connectivity index (χ4v) is 2.80. The lowest BCUT2D eigenvalue weighted by molar-refractivity contribution is -0.162. The van der Waals surface area contributed by atoms with Gasteiger partial charge in [0.25, 0.3) is 0 Å². The second kappa shape index (κ2) is 6.05. The lowest BCUT2D eigenvalue weighted by atomic mass is 9.85. The molecule has 0 radical (unpaired) electrons. The Hall–Kier alpha value is -2.33. The van der Waals surface area contributed by atoms with Crippen molar-refractivity contribution < 1.29 is 14.3 Å². The summed E-state index contributed by atoms with van der Waals surface area (Å²) in [4.78, 5) is 14.7. The van der Waals surface area contributed by atoms with Crippen LogP contribution >= 0.6 is 0 Å². The van der Waals surface area contributed by atoms with Crippen molar-refractivity contribution in [2.45, 2.75) is 12.5 Å². The molecular formula is C19H21NO3. The molecule has 1 atom stereocenters. The maximum Gasteiger partial charge on any atom is 0.355 e. The average molecular weight is 311 g/mol. The van der Waals surface area contributed by atoms with Gasteiger partial charge in [0, 0.05) is 17.7 Å². The highest BCUT2D eigenvalue weighted by atomic mass is 16.6. The molecule has 0 spiro atoms. The second-order valence-electron chi connectivity index (χ2n) is 6.12. The van der Waals surface area contributed by atoms with Gasteiger partial charge in [0.05, 0.1) is 0 Å². The number of ether oxygens (including phenoxy) is 2. The van der Waals surface area contributed by atoms with Crippen molar-refractivity contribution in [3.05, 3.63) is 54.1 Å². The topological polar surface area (TPSA) is 38.8 Å². The molecule has 4 heteroatoms. The van der Waals surface area contributed by atoms with Crippen LogP contribution in [-0.2, 0) is 15.1 Å². The Kier molecular flexibility index (Phi) is 4.09. The van der Waals surface area contributed by atoms with Crippen molar-refractivity contribution >= 4 is 5.97 Å². The van der Waals surface area contributed by atoms with Crippen LogP contribution in [0.5, 0.6) is 5.75 Å². The summed E-state index contributed by atoms with van der Waals surface area (Å²) < 4.78 is 11.5. The lowest BCUT2D eigenvalue weighted by Gasteiger charge is -2.35. The van der Waals surface area contributed by atoms with Crippen LogP contribution in [0.1, 0.15) is 12.5 Å². The Labute approximate surface area is 136 Å². The largest absolute Gasteiger partial charge is 0.470 e. The highest BCUT2D eigenvalue weighted by molar-refractivity contribution is 5.88. The van der Waals surface area contributed by atoms with Gasteiger partial charge in [0.2, 0.25) is 5.60 Å². The number of hydrogen-bond donors (Lipinski definition) is 0. The monoisotopic (exact) mass is 311 g/mol. The lowest BCUT2D eigenvalue weighted by Crippen LogP contribution is -2.43. The second-order valence-corrected chi connectivity index (χ2v) is 6.12. The maximum absolute atomic E-state index is 12.7. The summed E-state index contributed by atoms with van der Waals surface area (Å²) in [7, 11) is 3.89. The summed E-state index contributed by atoms with van der Waals surface area (Å²) in [5.41, 5.74) is 1.73. The van der Waals surface area contributed by atoms with Gasteiger partial charge in [-0.25, -0.2) is 4.79 Å². The summed E-state index contributed by atoms with van der Waals surface area (Å²) >= 11 is 0. The van der Waals surface area contributed by atoms with Crippen LogP contribution in [-0.4, -0.2) is 38.1 Å². The summed E-state index contributed by atoms with van der Waals surface area (Å²) in [6.45, 7) is 2.80. The summed E-state index contributed by atoms with van der Waals surface area (Å²) in [5.74, 6) is 0.347. The van der Waals surface area contributed by atoms with E-state index in [9.17, 15) is 4.79 Å². The molecule has 120 valence electrons. The number of rotatable bonds is 4. The summed E-state index contributed by atoms with van der Waals surface area (Å²) in [6, 6.07) is 15.6. The van der Waals surface area contributed by atoms with Gasteiger partial charge in [-0.3, -0.25) is 0 Å². The molecule has 0 saturated carbocycles. The number of likely N-dealkylation sites (N-methyl/N-ethyl adjacent to an activating group) is 1. The van der Waals surface area contributed by atoms with Crippen LogP contribution in [0, 0.1) is 0 Å². The predicted molar refractivity (Wildman–Crippen MR) is 89.4 cm³/mol.